The maximum absolute atomic E-state index is 12.9. The van der Waals surface area contributed by atoms with E-state index in [-0.39, 0.29) is 18.3 Å². The summed E-state index contributed by atoms with van der Waals surface area (Å²) in [4.78, 5) is 0. The molecule has 2 unspecified atom stereocenters. The number of hydrogen-bond donors (Lipinski definition) is 2. The van der Waals surface area contributed by atoms with E-state index in [4.69, 9.17) is 10.2 Å². The van der Waals surface area contributed by atoms with Crippen LogP contribution in [0.5, 0.6) is 0 Å². The first-order valence-corrected chi connectivity index (χ1v) is 6.29. The molecule has 0 amide bonds. The molecule has 0 bridgehead atoms. The van der Waals surface area contributed by atoms with Crippen molar-refractivity contribution < 1.29 is 13.9 Å². The Bertz CT molecular complexity index is 512. The Morgan fingerprint density at radius 3 is 2.44 bits per heavy atom. The van der Waals surface area contributed by atoms with Crippen LogP contribution in [-0.4, -0.2) is 11.7 Å². The van der Waals surface area contributed by atoms with Gasteiger partial charge in [0.15, 0.2) is 4.67 Å². The molecule has 96 valence electrons. The number of hydrogen-bond acceptors (Lipinski definition) is 3. The number of furan rings is 1. The SMILES string of the molecule is NCC(c1ccc(F)cc1)C(O)c1ccoc1Br. The molecule has 5 heteroatoms. The summed E-state index contributed by atoms with van der Waals surface area (Å²) in [5.41, 5.74) is 7.13. The molecule has 0 spiro atoms. The minimum atomic E-state index is -0.798. The zero-order valence-corrected chi connectivity index (χ0v) is 11.1. The molecule has 0 aliphatic rings. The van der Waals surface area contributed by atoms with E-state index >= 15 is 0 Å². The lowest BCUT2D eigenvalue weighted by atomic mass is 9.90. The Morgan fingerprint density at radius 2 is 1.94 bits per heavy atom. The predicted molar refractivity (Wildman–Crippen MR) is 69.6 cm³/mol. The fraction of sp³-hybridized carbons (Fsp3) is 0.231. The van der Waals surface area contributed by atoms with Crippen molar-refractivity contribution in [3.05, 3.63) is 58.2 Å². The molecule has 1 aromatic heterocycles. The zero-order valence-electron chi connectivity index (χ0n) is 9.51. The molecule has 2 atom stereocenters. The number of aliphatic hydroxyl groups is 1. The zero-order chi connectivity index (χ0) is 13.1. The largest absolute Gasteiger partial charge is 0.457 e. The van der Waals surface area contributed by atoms with Crippen LogP contribution in [0.1, 0.15) is 23.1 Å². The topological polar surface area (TPSA) is 59.4 Å². The lowest BCUT2D eigenvalue weighted by Gasteiger charge is -2.21. The second-order valence-corrected chi connectivity index (χ2v) is 4.71. The van der Waals surface area contributed by atoms with Crippen molar-refractivity contribution in [1.29, 1.82) is 0 Å². The molecule has 0 aliphatic carbocycles. The fourth-order valence-corrected chi connectivity index (χ4v) is 2.36. The third-order valence-electron chi connectivity index (χ3n) is 2.90. The molecule has 1 heterocycles. The minimum Gasteiger partial charge on any atom is -0.457 e. The molecule has 0 saturated heterocycles. The normalized spacial score (nSPS) is 14.4. The third-order valence-corrected chi connectivity index (χ3v) is 3.54. The molecule has 1 aromatic carbocycles. The van der Waals surface area contributed by atoms with Crippen molar-refractivity contribution >= 4 is 15.9 Å². The summed E-state index contributed by atoms with van der Waals surface area (Å²) in [6, 6.07) is 7.65. The molecule has 3 nitrogen and oxygen atoms in total. The Balaban J connectivity index is 2.28. The van der Waals surface area contributed by atoms with Gasteiger partial charge in [0.1, 0.15) is 5.82 Å². The average Bonchev–Trinajstić information content (AvgIpc) is 2.78. The Morgan fingerprint density at radius 1 is 1.28 bits per heavy atom. The van der Waals surface area contributed by atoms with Crippen LogP contribution in [0.2, 0.25) is 0 Å². The van der Waals surface area contributed by atoms with Crippen molar-refractivity contribution in [2.45, 2.75) is 12.0 Å². The first-order chi connectivity index (χ1) is 8.63. The maximum Gasteiger partial charge on any atom is 0.174 e. The van der Waals surface area contributed by atoms with Gasteiger partial charge in [0.05, 0.1) is 12.4 Å². The molecular weight excluding hydrogens is 301 g/mol. The van der Waals surface area contributed by atoms with Crippen molar-refractivity contribution in [2.24, 2.45) is 5.73 Å². The van der Waals surface area contributed by atoms with Gasteiger partial charge >= 0.3 is 0 Å². The Kier molecular flexibility index (Phi) is 4.16. The smallest absolute Gasteiger partial charge is 0.174 e. The molecule has 0 saturated carbocycles. The van der Waals surface area contributed by atoms with Crippen LogP contribution in [0.15, 0.2) is 45.7 Å². The van der Waals surface area contributed by atoms with Gasteiger partial charge in [-0.05, 0) is 39.7 Å². The number of rotatable bonds is 4. The summed E-state index contributed by atoms with van der Waals surface area (Å²) in [6.45, 7) is 0.254. The summed E-state index contributed by atoms with van der Waals surface area (Å²) in [5, 5.41) is 10.3. The van der Waals surface area contributed by atoms with Gasteiger partial charge in [0.25, 0.3) is 0 Å². The van der Waals surface area contributed by atoms with Crippen LogP contribution < -0.4 is 5.73 Å². The highest BCUT2D eigenvalue weighted by atomic mass is 79.9. The molecular formula is C13H13BrFNO2. The molecule has 2 aromatic rings. The molecule has 0 fully saturated rings. The van der Waals surface area contributed by atoms with Gasteiger partial charge in [-0.1, -0.05) is 12.1 Å². The summed E-state index contributed by atoms with van der Waals surface area (Å²) in [7, 11) is 0. The Labute approximate surface area is 113 Å². The molecule has 3 N–H and O–H groups in total. The van der Waals surface area contributed by atoms with E-state index in [1.165, 1.54) is 18.4 Å². The highest BCUT2D eigenvalue weighted by Crippen LogP contribution is 2.34. The van der Waals surface area contributed by atoms with E-state index in [0.717, 1.165) is 5.56 Å². The standard InChI is InChI=1S/C13H13BrFNO2/c14-13-10(5-6-18-13)12(17)11(7-16)8-1-3-9(15)4-2-8/h1-6,11-12,17H,7,16H2. The van der Waals surface area contributed by atoms with E-state index in [0.29, 0.717) is 10.2 Å². The number of benzene rings is 1. The van der Waals surface area contributed by atoms with E-state index < -0.39 is 6.10 Å². The summed E-state index contributed by atoms with van der Waals surface area (Å²) < 4.78 is 18.4. The lowest BCUT2D eigenvalue weighted by Crippen LogP contribution is -2.20. The minimum absolute atomic E-state index is 0.254. The highest BCUT2D eigenvalue weighted by Gasteiger charge is 2.24. The van der Waals surface area contributed by atoms with Crippen LogP contribution in [0, 0.1) is 5.82 Å². The third kappa shape index (κ3) is 2.63. The number of aliphatic hydroxyl groups excluding tert-OH is 1. The summed E-state index contributed by atoms with van der Waals surface area (Å²) >= 11 is 3.22. The average molecular weight is 314 g/mol. The van der Waals surface area contributed by atoms with Crippen molar-refractivity contribution in [3.63, 3.8) is 0 Å². The maximum atomic E-state index is 12.9. The van der Waals surface area contributed by atoms with E-state index in [2.05, 4.69) is 15.9 Å². The van der Waals surface area contributed by atoms with Gasteiger partial charge in [-0.25, -0.2) is 4.39 Å². The lowest BCUT2D eigenvalue weighted by molar-refractivity contribution is 0.145. The van der Waals surface area contributed by atoms with Gasteiger partial charge in [0.2, 0.25) is 0 Å². The van der Waals surface area contributed by atoms with Gasteiger partial charge in [-0.15, -0.1) is 0 Å². The van der Waals surface area contributed by atoms with Crippen LogP contribution >= 0.6 is 15.9 Å². The number of nitrogens with two attached hydrogens (primary N) is 1. The molecule has 0 aliphatic heterocycles. The van der Waals surface area contributed by atoms with Crippen LogP contribution in [0.4, 0.5) is 4.39 Å². The quantitative estimate of drug-likeness (QED) is 0.912. The fourth-order valence-electron chi connectivity index (χ4n) is 1.89. The highest BCUT2D eigenvalue weighted by molar-refractivity contribution is 9.10. The van der Waals surface area contributed by atoms with E-state index in [1.807, 2.05) is 0 Å². The van der Waals surface area contributed by atoms with Crippen LogP contribution in [-0.2, 0) is 0 Å². The predicted octanol–water partition coefficient (Wildman–Crippen LogP) is 2.96. The second-order valence-electron chi connectivity index (χ2n) is 3.99. The summed E-state index contributed by atoms with van der Waals surface area (Å²) in [6.07, 6.45) is 0.689. The second kappa shape index (κ2) is 5.65. The molecule has 2 rings (SSSR count). The number of halogens is 2. The Hall–Kier alpha value is -1.17. The van der Waals surface area contributed by atoms with Gasteiger partial charge in [0, 0.05) is 18.0 Å². The van der Waals surface area contributed by atoms with E-state index in [9.17, 15) is 9.50 Å². The van der Waals surface area contributed by atoms with Crippen LogP contribution in [0.25, 0.3) is 0 Å². The monoisotopic (exact) mass is 313 g/mol. The van der Waals surface area contributed by atoms with Crippen molar-refractivity contribution in [1.82, 2.24) is 0 Å². The first kappa shape index (κ1) is 13.3. The summed E-state index contributed by atoms with van der Waals surface area (Å²) in [5.74, 6) is -0.618. The van der Waals surface area contributed by atoms with Gasteiger partial charge in [-0.2, -0.15) is 0 Å². The van der Waals surface area contributed by atoms with E-state index in [1.54, 1.807) is 18.2 Å². The van der Waals surface area contributed by atoms with Crippen molar-refractivity contribution in [2.75, 3.05) is 6.54 Å². The molecule has 0 radical (unpaired) electrons. The first-order valence-electron chi connectivity index (χ1n) is 5.50. The van der Waals surface area contributed by atoms with Gasteiger partial charge < -0.3 is 15.3 Å². The van der Waals surface area contributed by atoms with Crippen LogP contribution in [0.3, 0.4) is 0 Å². The molecule has 18 heavy (non-hydrogen) atoms. The van der Waals surface area contributed by atoms with Gasteiger partial charge in [-0.3, -0.25) is 0 Å². The van der Waals surface area contributed by atoms with Crippen molar-refractivity contribution in [3.8, 4) is 0 Å².